The van der Waals surface area contributed by atoms with Crippen molar-refractivity contribution in [3.05, 3.63) is 70.7 Å². The third-order valence-corrected chi connectivity index (χ3v) is 5.77. The highest BCUT2D eigenvalue weighted by molar-refractivity contribution is 6.30. The van der Waals surface area contributed by atoms with Gasteiger partial charge in [-0.1, -0.05) is 54.1 Å². The van der Waals surface area contributed by atoms with Crippen LogP contribution in [-0.2, 0) is 11.2 Å². The maximum Gasteiger partial charge on any atom is 0.176 e. The second-order valence-corrected chi connectivity index (χ2v) is 7.76. The summed E-state index contributed by atoms with van der Waals surface area (Å²) in [5.74, 6) is 0. The van der Waals surface area contributed by atoms with E-state index >= 15 is 0 Å². The van der Waals surface area contributed by atoms with Crippen molar-refractivity contribution in [1.29, 1.82) is 5.26 Å². The smallest absolute Gasteiger partial charge is 0.176 e. The van der Waals surface area contributed by atoms with Crippen LogP contribution in [-0.4, -0.2) is 34.7 Å². The van der Waals surface area contributed by atoms with E-state index in [0.717, 1.165) is 31.6 Å². The molecule has 1 aliphatic rings. The van der Waals surface area contributed by atoms with Gasteiger partial charge in [-0.15, -0.1) is 0 Å². The fourth-order valence-electron chi connectivity index (χ4n) is 3.73. The summed E-state index contributed by atoms with van der Waals surface area (Å²) in [6.07, 6.45) is 2.44. The maximum atomic E-state index is 10.9. The van der Waals surface area contributed by atoms with Crippen molar-refractivity contribution in [1.82, 2.24) is 4.90 Å². The molecule has 1 fully saturated rings. The van der Waals surface area contributed by atoms with Crippen molar-refractivity contribution in [3.8, 4) is 6.07 Å². The number of benzene rings is 2. The van der Waals surface area contributed by atoms with Crippen LogP contribution in [0.25, 0.3) is 0 Å². The minimum absolute atomic E-state index is 0.394. The summed E-state index contributed by atoms with van der Waals surface area (Å²) in [6.45, 7) is 2.37. The molecule has 0 amide bonds. The molecule has 1 unspecified atom stereocenters. The second-order valence-electron chi connectivity index (χ2n) is 7.32. The van der Waals surface area contributed by atoms with E-state index in [0.29, 0.717) is 29.8 Å². The van der Waals surface area contributed by atoms with Crippen molar-refractivity contribution in [3.63, 3.8) is 0 Å². The Morgan fingerprint density at radius 1 is 1.07 bits per heavy atom. The van der Waals surface area contributed by atoms with E-state index in [1.807, 2.05) is 42.5 Å². The fraction of sp³-hybridized carbons (Fsp3) is 0.409. The minimum Gasteiger partial charge on any atom is -0.385 e. The molecule has 0 radical (unpaired) electrons. The van der Waals surface area contributed by atoms with Gasteiger partial charge in [0.15, 0.2) is 5.60 Å². The fourth-order valence-corrected chi connectivity index (χ4v) is 3.86. The third kappa shape index (κ3) is 4.69. The summed E-state index contributed by atoms with van der Waals surface area (Å²) in [5.41, 5.74) is -0.697. The number of rotatable bonds is 6. The van der Waals surface area contributed by atoms with Crippen LogP contribution in [0, 0.1) is 11.3 Å². The average Bonchev–Trinajstić information content (AvgIpc) is 2.70. The maximum absolute atomic E-state index is 10.9. The van der Waals surface area contributed by atoms with Crippen LogP contribution in [0.2, 0.25) is 5.02 Å². The van der Waals surface area contributed by atoms with Gasteiger partial charge in [0.1, 0.15) is 6.07 Å². The van der Waals surface area contributed by atoms with Gasteiger partial charge in [0.2, 0.25) is 0 Å². The van der Waals surface area contributed by atoms with Gasteiger partial charge < -0.3 is 15.1 Å². The number of hydrogen-bond acceptors (Lipinski definition) is 4. The molecule has 0 aliphatic carbocycles. The van der Waals surface area contributed by atoms with E-state index in [-0.39, 0.29) is 0 Å². The summed E-state index contributed by atoms with van der Waals surface area (Å²) >= 11 is 5.94. The van der Waals surface area contributed by atoms with Gasteiger partial charge in [-0.25, -0.2) is 0 Å². The normalized spacial score (nSPS) is 19.2. The molecule has 0 spiro atoms. The number of piperidine rings is 1. The largest absolute Gasteiger partial charge is 0.385 e. The van der Waals surface area contributed by atoms with Gasteiger partial charge in [0.05, 0.1) is 5.60 Å². The molecular formula is C22H25ClN2O2. The average molecular weight is 385 g/mol. The molecule has 2 aromatic rings. The number of halogens is 1. The Bertz CT molecular complexity index is 780. The molecule has 0 saturated carbocycles. The first-order chi connectivity index (χ1) is 13.0. The first-order valence-electron chi connectivity index (χ1n) is 9.35. The second kappa shape index (κ2) is 8.41. The van der Waals surface area contributed by atoms with Gasteiger partial charge in [0.25, 0.3) is 0 Å². The Labute approximate surface area is 165 Å². The lowest BCUT2D eigenvalue weighted by molar-refractivity contribution is -0.0273. The first-order valence-corrected chi connectivity index (χ1v) is 9.73. The third-order valence-electron chi connectivity index (χ3n) is 5.51. The quantitative estimate of drug-likeness (QED) is 0.743. The lowest BCUT2D eigenvalue weighted by atomic mass is 9.84. The molecule has 0 aromatic heterocycles. The Kier molecular flexibility index (Phi) is 6.18. The highest BCUT2D eigenvalue weighted by atomic mass is 35.5. The highest BCUT2D eigenvalue weighted by Crippen LogP contribution is 2.34. The van der Waals surface area contributed by atoms with Crippen molar-refractivity contribution in [2.24, 2.45) is 0 Å². The molecule has 3 rings (SSSR count). The molecule has 27 heavy (non-hydrogen) atoms. The molecule has 2 aromatic carbocycles. The predicted octanol–water partition coefficient (Wildman–Crippen LogP) is 3.81. The molecule has 0 bridgehead atoms. The van der Waals surface area contributed by atoms with Crippen molar-refractivity contribution in [2.45, 2.75) is 36.9 Å². The van der Waals surface area contributed by atoms with Gasteiger partial charge in [0, 0.05) is 18.1 Å². The Morgan fingerprint density at radius 3 is 2.30 bits per heavy atom. The van der Waals surface area contributed by atoms with Gasteiger partial charge >= 0.3 is 0 Å². The van der Waals surface area contributed by atoms with E-state index in [1.54, 1.807) is 12.1 Å². The zero-order chi connectivity index (χ0) is 19.3. The Balaban J connectivity index is 1.51. The van der Waals surface area contributed by atoms with Gasteiger partial charge in [-0.3, -0.25) is 0 Å². The highest BCUT2D eigenvalue weighted by Gasteiger charge is 2.34. The minimum atomic E-state index is -1.44. The number of nitriles is 1. The van der Waals surface area contributed by atoms with Crippen LogP contribution < -0.4 is 0 Å². The number of likely N-dealkylation sites (tertiary alicyclic amines) is 1. The summed E-state index contributed by atoms with van der Waals surface area (Å²) in [5, 5.41) is 31.7. The van der Waals surface area contributed by atoms with Crippen LogP contribution in [0.3, 0.4) is 0 Å². The zero-order valence-corrected chi connectivity index (χ0v) is 16.1. The molecule has 5 heteroatoms. The van der Waals surface area contributed by atoms with E-state index in [2.05, 4.69) is 11.0 Å². The monoisotopic (exact) mass is 384 g/mol. The predicted molar refractivity (Wildman–Crippen MR) is 106 cm³/mol. The van der Waals surface area contributed by atoms with Crippen LogP contribution in [0.1, 0.15) is 36.8 Å². The Hall–Kier alpha value is -1.90. The van der Waals surface area contributed by atoms with Gasteiger partial charge in [-0.2, -0.15) is 5.26 Å². The van der Waals surface area contributed by atoms with Crippen molar-refractivity contribution >= 4 is 11.6 Å². The molecule has 142 valence electrons. The number of nitrogens with zero attached hydrogens (tertiary/aromatic N) is 2. The number of hydrogen-bond donors (Lipinski definition) is 2. The molecule has 2 N–H and O–H groups in total. The van der Waals surface area contributed by atoms with Crippen LogP contribution in [0.4, 0.5) is 0 Å². The molecular weight excluding hydrogens is 360 g/mol. The molecule has 1 atom stereocenters. The van der Waals surface area contributed by atoms with E-state index < -0.39 is 11.2 Å². The lowest BCUT2D eigenvalue weighted by Gasteiger charge is -2.38. The topological polar surface area (TPSA) is 67.5 Å². The summed E-state index contributed by atoms with van der Waals surface area (Å²) in [7, 11) is 0. The van der Waals surface area contributed by atoms with E-state index in [4.69, 9.17) is 11.6 Å². The standard InChI is InChI=1S/C22H25ClN2O2/c23-20-9-7-19(8-10-20)21(26)12-15-25(16-13-21)14-4-11-22(27,17-24)18-5-2-1-3-6-18/h1-3,5-10,26-27H,4,11-16H2. The van der Waals surface area contributed by atoms with Gasteiger partial charge in [-0.05, 0) is 55.5 Å². The van der Waals surface area contributed by atoms with Crippen LogP contribution in [0.5, 0.6) is 0 Å². The van der Waals surface area contributed by atoms with Crippen molar-refractivity contribution in [2.75, 3.05) is 19.6 Å². The van der Waals surface area contributed by atoms with Crippen molar-refractivity contribution < 1.29 is 10.2 Å². The van der Waals surface area contributed by atoms with Crippen LogP contribution >= 0.6 is 11.6 Å². The molecule has 4 nitrogen and oxygen atoms in total. The lowest BCUT2D eigenvalue weighted by Crippen LogP contribution is -2.43. The SMILES string of the molecule is N#CC(O)(CCCN1CCC(O)(c2ccc(Cl)cc2)CC1)c1ccccc1. The van der Waals surface area contributed by atoms with E-state index in [9.17, 15) is 15.5 Å². The number of aliphatic hydroxyl groups is 2. The summed E-state index contributed by atoms with van der Waals surface area (Å²) < 4.78 is 0. The zero-order valence-electron chi connectivity index (χ0n) is 15.3. The first kappa shape index (κ1) is 19.9. The van der Waals surface area contributed by atoms with E-state index in [1.165, 1.54) is 0 Å². The summed E-state index contributed by atoms with van der Waals surface area (Å²) in [6, 6.07) is 18.6. The summed E-state index contributed by atoms with van der Waals surface area (Å²) in [4.78, 5) is 2.28. The molecule has 1 saturated heterocycles. The van der Waals surface area contributed by atoms with Crippen LogP contribution in [0.15, 0.2) is 54.6 Å². The Morgan fingerprint density at radius 2 is 1.70 bits per heavy atom. The molecule has 1 aliphatic heterocycles. The molecule has 1 heterocycles.